The highest BCUT2D eigenvalue weighted by atomic mass is 16.5. The molecule has 0 aliphatic carbocycles. The van der Waals surface area contributed by atoms with Crippen LogP contribution < -0.4 is 0 Å². The molecule has 0 spiro atoms. The van der Waals surface area contributed by atoms with Crippen molar-refractivity contribution in [1.82, 2.24) is 0 Å². The van der Waals surface area contributed by atoms with Crippen molar-refractivity contribution in [2.24, 2.45) is 0 Å². The number of ether oxygens (including phenoxy) is 2. The van der Waals surface area contributed by atoms with E-state index in [1.54, 1.807) is 13.8 Å². The molecule has 0 saturated heterocycles. The lowest BCUT2D eigenvalue weighted by Gasteiger charge is -2.10. The molecule has 0 bridgehead atoms. The number of rotatable bonds is 10. The topological polar surface area (TPSA) is 58.9 Å². The van der Waals surface area contributed by atoms with Gasteiger partial charge in [-0.15, -0.1) is 0 Å². The van der Waals surface area contributed by atoms with Gasteiger partial charge in [0.1, 0.15) is 0 Å². The zero-order valence-electron chi connectivity index (χ0n) is 13.4. The molecule has 0 rings (SSSR count). The van der Waals surface area contributed by atoms with Gasteiger partial charge in [0.05, 0.1) is 31.5 Å². The molecule has 0 saturated carbocycles. The monoisotopic (exact) mass is 278 g/mol. The van der Waals surface area contributed by atoms with Gasteiger partial charge in [0, 0.05) is 6.61 Å². The average molecular weight is 278 g/mol. The summed E-state index contributed by atoms with van der Waals surface area (Å²) in [6.07, 6.45) is 4.78. The van der Waals surface area contributed by atoms with Gasteiger partial charge in [-0.05, 0) is 33.6 Å². The first-order valence-electron chi connectivity index (χ1n) is 7.49. The van der Waals surface area contributed by atoms with E-state index in [4.69, 9.17) is 19.7 Å². The Morgan fingerprint density at radius 3 is 2.00 bits per heavy atom. The van der Waals surface area contributed by atoms with Crippen LogP contribution in [-0.2, 0) is 9.47 Å². The first kappa shape index (κ1) is 21.1. The fraction of sp³-hybridized carbons (Fsp3) is 1.00. The molecular formula is C15H34O4. The molecule has 0 heterocycles. The minimum absolute atomic E-state index is 0.00667. The van der Waals surface area contributed by atoms with Crippen molar-refractivity contribution in [3.05, 3.63) is 0 Å². The Morgan fingerprint density at radius 1 is 0.947 bits per heavy atom. The van der Waals surface area contributed by atoms with Crippen molar-refractivity contribution in [2.75, 3.05) is 19.8 Å². The molecule has 0 radical (unpaired) electrons. The van der Waals surface area contributed by atoms with E-state index in [0.717, 1.165) is 13.0 Å². The second-order valence-corrected chi connectivity index (χ2v) is 4.97. The molecule has 0 aromatic rings. The third-order valence-corrected chi connectivity index (χ3v) is 2.60. The van der Waals surface area contributed by atoms with E-state index in [-0.39, 0.29) is 12.7 Å². The molecule has 118 valence electrons. The molecule has 4 nitrogen and oxygen atoms in total. The maximum absolute atomic E-state index is 8.69. The summed E-state index contributed by atoms with van der Waals surface area (Å²) in [7, 11) is 0. The second kappa shape index (κ2) is 15.9. The Morgan fingerprint density at radius 2 is 1.58 bits per heavy atom. The van der Waals surface area contributed by atoms with Gasteiger partial charge in [-0.1, -0.05) is 26.7 Å². The van der Waals surface area contributed by atoms with Crippen molar-refractivity contribution < 1.29 is 19.7 Å². The number of hydrogen-bond acceptors (Lipinski definition) is 4. The van der Waals surface area contributed by atoms with Crippen LogP contribution in [0.25, 0.3) is 0 Å². The molecule has 0 aliphatic heterocycles. The molecule has 3 unspecified atom stereocenters. The van der Waals surface area contributed by atoms with Crippen LogP contribution in [0.5, 0.6) is 0 Å². The summed E-state index contributed by atoms with van der Waals surface area (Å²) in [5.74, 6) is 0. The minimum Gasteiger partial charge on any atom is -0.394 e. The van der Waals surface area contributed by atoms with Gasteiger partial charge in [0.25, 0.3) is 0 Å². The van der Waals surface area contributed by atoms with Gasteiger partial charge in [-0.3, -0.25) is 0 Å². The van der Waals surface area contributed by atoms with E-state index in [0.29, 0.717) is 12.7 Å². The lowest BCUT2D eigenvalue weighted by Crippen LogP contribution is -2.19. The predicted molar refractivity (Wildman–Crippen MR) is 79.4 cm³/mol. The van der Waals surface area contributed by atoms with Crippen LogP contribution in [-0.4, -0.2) is 48.3 Å². The highest BCUT2D eigenvalue weighted by molar-refractivity contribution is 4.47. The van der Waals surface area contributed by atoms with Crippen LogP contribution >= 0.6 is 0 Å². The molecular weight excluding hydrogens is 244 g/mol. The molecule has 0 amide bonds. The van der Waals surface area contributed by atoms with E-state index in [2.05, 4.69) is 20.8 Å². The van der Waals surface area contributed by atoms with Crippen molar-refractivity contribution in [1.29, 1.82) is 0 Å². The van der Waals surface area contributed by atoms with Gasteiger partial charge in [0.15, 0.2) is 0 Å². The zero-order valence-corrected chi connectivity index (χ0v) is 13.4. The number of hydrogen-bond donors (Lipinski definition) is 2. The number of aliphatic hydroxyl groups is 2. The maximum Gasteiger partial charge on any atom is 0.0779 e. The molecule has 0 aromatic heterocycles. The Labute approximate surface area is 119 Å². The molecule has 2 N–H and O–H groups in total. The predicted octanol–water partition coefficient (Wildman–Crippen LogP) is 2.76. The van der Waals surface area contributed by atoms with Crippen LogP contribution in [0.1, 0.15) is 60.3 Å². The van der Waals surface area contributed by atoms with Gasteiger partial charge in [-0.25, -0.2) is 0 Å². The first-order valence-corrected chi connectivity index (χ1v) is 7.49. The average Bonchev–Trinajstić information content (AvgIpc) is 2.41. The molecule has 4 heteroatoms. The Bertz CT molecular complexity index is 162. The third-order valence-electron chi connectivity index (χ3n) is 2.60. The molecule has 0 aromatic carbocycles. The van der Waals surface area contributed by atoms with Gasteiger partial charge < -0.3 is 19.7 Å². The van der Waals surface area contributed by atoms with Gasteiger partial charge in [0.2, 0.25) is 0 Å². The molecule has 0 fully saturated rings. The van der Waals surface area contributed by atoms with Gasteiger partial charge >= 0.3 is 0 Å². The van der Waals surface area contributed by atoms with E-state index in [9.17, 15) is 0 Å². The summed E-state index contributed by atoms with van der Waals surface area (Å²) in [4.78, 5) is 0. The normalized spacial score (nSPS) is 15.3. The summed E-state index contributed by atoms with van der Waals surface area (Å²) in [5.41, 5.74) is 0. The van der Waals surface area contributed by atoms with Crippen LogP contribution in [0.2, 0.25) is 0 Å². The van der Waals surface area contributed by atoms with Crippen molar-refractivity contribution >= 4 is 0 Å². The summed E-state index contributed by atoms with van der Waals surface area (Å²) < 4.78 is 10.4. The van der Waals surface area contributed by atoms with E-state index in [1.165, 1.54) is 19.3 Å². The van der Waals surface area contributed by atoms with Crippen LogP contribution in [0.3, 0.4) is 0 Å². The highest BCUT2D eigenvalue weighted by Gasteiger charge is 2.00. The van der Waals surface area contributed by atoms with Crippen molar-refractivity contribution in [3.8, 4) is 0 Å². The lowest BCUT2D eigenvalue weighted by molar-refractivity contribution is -0.0177. The van der Waals surface area contributed by atoms with Gasteiger partial charge in [-0.2, -0.15) is 0 Å². The fourth-order valence-corrected chi connectivity index (χ4v) is 1.11. The standard InChI is InChI=1S/C9H20O.C6H14O3/c1-4-6-7-8-10-9(3)5-2;1-5(8)4-9-6(2)3-7/h9H,4-8H2,1-3H3;5-8H,3-4H2,1-2H3. The Hall–Kier alpha value is -0.160. The van der Waals surface area contributed by atoms with Crippen LogP contribution in [0.4, 0.5) is 0 Å². The second-order valence-electron chi connectivity index (χ2n) is 4.97. The largest absolute Gasteiger partial charge is 0.394 e. The fourth-order valence-electron chi connectivity index (χ4n) is 1.11. The minimum atomic E-state index is -0.445. The zero-order chi connectivity index (χ0) is 15.1. The third kappa shape index (κ3) is 20.3. The molecule has 0 aliphatic rings. The summed E-state index contributed by atoms with van der Waals surface area (Å²) in [6.45, 7) is 11.1. The van der Waals surface area contributed by atoms with Crippen LogP contribution in [0, 0.1) is 0 Å². The molecule has 3 atom stereocenters. The van der Waals surface area contributed by atoms with E-state index in [1.807, 2.05) is 0 Å². The van der Waals surface area contributed by atoms with E-state index >= 15 is 0 Å². The summed E-state index contributed by atoms with van der Waals surface area (Å²) in [6, 6.07) is 0. The number of unbranched alkanes of at least 4 members (excludes halogenated alkanes) is 2. The van der Waals surface area contributed by atoms with Crippen LogP contribution in [0.15, 0.2) is 0 Å². The van der Waals surface area contributed by atoms with Crippen molar-refractivity contribution in [2.45, 2.75) is 78.6 Å². The quantitative estimate of drug-likeness (QED) is 0.603. The smallest absolute Gasteiger partial charge is 0.0779 e. The highest BCUT2D eigenvalue weighted by Crippen LogP contribution is 1.99. The summed E-state index contributed by atoms with van der Waals surface area (Å²) in [5, 5.41) is 17.1. The first-order chi connectivity index (χ1) is 8.97. The van der Waals surface area contributed by atoms with Crippen molar-refractivity contribution in [3.63, 3.8) is 0 Å². The SMILES string of the molecule is CC(O)COC(C)CO.CCCCCOC(C)CC. The number of aliphatic hydroxyl groups excluding tert-OH is 2. The Balaban J connectivity index is 0. The lowest BCUT2D eigenvalue weighted by atomic mass is 10.2. The molecule has 19 heavy (non-hydrogen) atoms. The maximum atomic E-state index is 8.69. The Kier molecular flexibility index (Phi) is 17.7. The summed E-state index contributed by atoms with van der Waals surface area (Å²) >= 11 is 0. The van der Waals surface area contributed by atoms with E-state index < -0.39 is 6.10 Å².